The minimum absolute atomic E-state index is 0.182. The van der Waals surface area contributed by atoms with Gasteiger partial charge >= 0.3 is 0 Å². The smallest absolute Gasteiger partial charge is 0.200 e. The maximum atomic E-state index is 9.95. The van der Waals surface area contributed by atoms with E-state index in [1.807, 2.05) is 13.0 Å². The van der Waals surface area contributed by atoms with Crippen LogP contribution in [0.15, 0.2) is 24.8 Å². The Morgan fingerprint density at radius 1 is 1.08 bits per heavy atom. The monoisotopic (exact) mass is 372 g/mol. The fourth-order valence-electron chi connectivity index (χ4n) is 3.66. The van der Waals surface area contributed by atoms with Crippen LogP contribution in [0.5, 0.6) is 0 Å². The topological polar surface area (TPSA) is 47.9 Å². The molecule has 0 saturated heterocycles. The molecule has 4 nitrogen and oxygen atoms in total. The lowest BCUT2D eigenvalue weighted by atomic mass is 10.1. The molecule has 148 valence electrons. The summed E-state index contributed by atoms with van der Waals surface area (Å²) in [4.78, 5) is 0. The van der Waals surface area contributed by atoms with E-state index in [9.17, 15) is 5.11 Å². The molecule has 0 aromatic rings. The molecule has 25 heavy (non-hydrogen) atoms. The van der Waals surface area contributed by atoms with Crippen LogP contribution in [-0.2, 0) is 13.9 Å². The minimum Gasteiger partial charge on any atom is -0.413 e. The summed E-state index contributed by atoms with van der Waals surface area (Å²) in [6.45, 7) is 19.9. The fraction of sp³-hybridized carbons (Fsp3) is 0.800. The van der Waals surface area contributed by atoms with Crippen molar-refractivity contribution in [2.75, 3.05) is 20.5 Å². The van der Waals surface area contributed by atoms with E-state index in [0.29, 0.717) is 29.7 Å². The van der Waals surface area contributed by atoms with E-state index in [4.69, 9.17) is 13.9 Å². The van der Waals surface area contributed by atoms with E-state index in [1.165, 1.54) is 0 Å². The highest BCUT2D eigenvalue weighted by molar-refractivity contribution is 6.77. The summed E-state index contributed by atoms with van der Waals surface area (Å²) in [7, 11) is -0.377. The molecule has 0 heterocycles. The zero-order chi connectivity index (χ0) is 19.7. The van der Waals surface area contributed by atoms with Crippen LogP contribution in [0.2, 0.25) is 16.6 Å². The lowest BCUT2D eigenvalue weighted by Gasteiger charge is -2.44. The molecule has 0 aliphatic heterocycles. The van der Waals surface area contributed by atoms with Gasteiger partial charge < -0.3 is 19.0 Å². The molecular formula is C20H40O4Si. The van der Waals surface area contributed by atoms with Crippen molar-refractivity contribution >= 4 is 8.32 Å². The summed E-state index contributed by atoms with van der Waals surface area (Å²) in [5, 5.41) is 9.95. The molecule has 0 saturated carbocycles. The first-order valence-electron chi connectivity index (χ1n) is 9.30. The van der Waals surface area contributed by atoms with Gasteiger partial charge in [-0.25, -0.2) is 0 Å². The van der Waals surface area contributed by atoms with Crippen LogP contribution in [0.1, 0.15) is 54.9 Å². The van der Waals surface area contributed by atoms with E-state index in [-0.39, 0.29) is 6.79 Å². The summed E-state index contributed by atoms with van der Waals surface area (Å²) in [5.74, 6) is 0. The summed E-state index contributed by atoms with van der Waals surface area (Å²) in [5.41, 5.74) is 0.883. The van der Waals surface area contributed by atoms with E-state index in [2.05, 4.69) is 48.1 Å². The van der Waals surface area contributed by atoms with Crippen LogP contribution in [-0.4, -0.2) is 45.6 Å². The second-order valence-corrected chi connectivity index (χ2v) is 13.4. The number of methoxy groups -OCH3 is 1. The molecule has 0 bridgehead atoms. The molecule has 0 amide bonds. The van der Waals surface area contributed by atoms with Crippen molar-refractivity contribution in [2.24, 2.45) is 0 Å². The second-order valence-electron chi connectivity index (χ2n) is 7.92. The summed E-state index contributed by atoms with van der Waals surface area (Å²) >= 11 is 0. The van der Waals surface area contributed by atoms with E-state index < -0.39 is 20.0 Å². The van der Waals surface area contributed by atoms with Crippen molar-refractivity contribution in [1.29, 1.82) is 0 Å². The Bertz CT molecular complexity index is 385. The molecule has 0 aromatic carbocycles. The van der Waals surface area contributed by atoms with Gasteiger partial charge in [-0.1, -0.05) is 59.8 Å². The highest BCUT2D eigenvalue weighted by Gasteiger charge is 2.46. The predicted octanol–water partition coefficient (Wildman–Crippen LogP) is 5.05. The molecule has 0 aromatic heterocycles. The summed E-state index contributed by atoms with van der Waals surface area (Å²) < 4.78 is 17.7. The van der Waals surface area contributed by atoms with Crippen molar-refractivity contribution in [2.45, 2.75) is 83.2 Å². The van der Waals surface area contributed by atoms with Gasteiger partial charge in [0.1, 0.15) is 12.4 Å². The number of hydrogen-bond donors (Lipinski definition) is 1. The van der Waals surface area contributed by atoms with E-state index in [0.717, 1.165) is 0 Å². The third-order valence-electron chi connectivity index (χ3n) is 4.90. The first-order chi connectivity index (χ1) is 11.6. The fourth-order valence-corrected chi connectivity index (χ4v) is 9.20. The highest BCUT2D eigenvalue weighted by Crippen LogP contribution is 2.42. The number of aliphatic hydroxyl groups is 1. The Morgan fingerprint density at radius 2 is 1.60 bits per heavy atom. The molecule has 2 atom stereocenters. The Labute approximate surface area is 156 Å². The van der Waals surface area contributed by atoms with Crippen molar-refractivity contribution < 1.29 is 19.0 Å². The third kappa shape index (κ3) is 7.35. The lowest BCUT2D eigenvalue weighted by molar-refractivity contribution is -0.115. The molecule has 0 radical (unpaired) electrons. The number of rotatable bonds is 13. The maximum Gasteiger partial charge on any atom is 0.200 e. The van der Waals surface area contributed by atoms with Crippen LogP contribution in [0, 0.1) is 0 Å². The normalized spacial score (nSPS) is 16.8. The van der Waals surface area contributed by atoms with Crippen LogP contribution in [0.3, 0.4) is 0 Å². The highest BCUT2D eigenvalue weighted by atomic mass is 28.4. The third-order valence-corrected chi connectivity index (χ3v) is 11.0. The zero-order valence-corrected chi connectivity index (χ0v) is 18.5. The number of aliphatic hydroxyl groups excluding tert-OH is 1. The molecule has 5 heteroatoms. The molecule has 0 spiro atoms. The molecule has 0 aliphatic rings. The van der Waals surface area contributed by atoms with Crippen LogP contribution < -0.4 is 0 Å². The first-order valence-corrected chi connectivity index (χ1v) is 11.4. The van der Waals surface area contributed by atoms with Gasteiger partial charge in [0.2, 0.25) is 0 Å². The van der Waals surface area contributed by atoms with E-state index >= 15 is 0 Å². The van der Waals surface area contributed by atoms with Gasteiger partial charge in [0.05, 0.1) is 12.7 Å². The summed E-state index contributed by atoms with van der Waals surface area (Å²) in [6, 6.07) is 0. The molecule has 1 N–H and O–H groups in total. The molecule has 0 rings (SSSR count). The number of hydrogen-bond acceptors (Lipinski definition) is 4. The summed E-state index contributed by atoms with van der Waals surface area (Å²) in [6.07, 6.45) is 5.29. The second kappa shape index (κ2) is 11.3. The van der Waals surface area contributed by atoms with Crippen molar-refractivity contribution in [1.82, 2.24) is 0 Å². The Hall–Kier alpha value is -0.463. The first kappa shape index (κ1) is 24.5. The Morgan fingerprint density at radius 3 is 2.00 bits per heavy atom. The molecule has 0 unspecified atom stereocenters. The standard InChI is InChI=1S/C20H40O4Si/c1-10-11-19(21)12-13-20(8,23-15-22-9)14-24-25(16(2)3,17(4)5)18(6)7/h10,12-13,16-19,21H,1,11,14-15H2,2-9H3/b13-12+/t19-,20+/m1/s1. The van der Waals surface area contributed by atoms with Gasteiger partial charge in [-0.15, -0.1) is 6.58 Å². The van der Waals surface area contributed by atoms with Gasteiger partial charge in [0.25, 0.3) is 0 Å². The minimum atomic E-state index is -1.98. The van der Waals surface area contributed by atoms with Crippen LogP contribution in [0.4, 0.5) is 0 Å². The van der Waals surface area contributed by atoms with Crippen molar-refractivity contribution in [3.8, 4) is 0 Å². The van der Waals surface area contributed by atoms with Crippen molar-refractivity contribution in [3.05, 3.63) is 24.8 Å². The lowest BCUT2D eigenvalue weighted by Crippen LogP contribution is -2.51. The van der Waals surface area contributed by atoms with Crippen molar-refractivity contribution in [3.63, 3.8) is 0 Å². The molecular weight excluding hydrogens is 332 g/mol. The predicted molar refractivity (Wildman–Crippen MR) is 108 cm³/mol. The van der Waals surface area contributed by atoms with Crippen LogP contribution in [0.25, 0.3) is 0 Å². The zero-order valence-electron chi connectivity index (χ0n) is 17.5. The largest absolute Gasteiger partial charge is 0.413 e. The average Bonchev–Trinajstić information content (AvgIpc) is 2.51. The van der Waals surface area contributed by atoms with Gasteiger partial charge in [0, 0.05) is 7.11 Å². The molecule has 0 fully saturated rings. The quantitative estimate of drug-likeness (QED) is 0.279. The Balaban J connectivity index is 5.38. The van der Waals surface area contributed by atoms with Gasteiger partial charge in [0.15, 0.2) is 8.32 Å². The van der Waals surface area contributed by atoms with Gasteiger partial charge in [-0.3, -0.25) is 0 Å². The van der Waals surface area contributed by atoms with Gasteiger partial charge in [-0.2, -0.15) is 0 Å². The number of ether oxygens (including phenoxy) is 2. The SMILES string of the molecule is C=CC[C@@H](O)/C=C/[C@@](C)(CO[Si](C(C)C)(C(C)C)C(C)C)OCOC. The van der Waals surface area contributed by atoms with Crippen LogP contribution >= 0.6 is 0 Å². The van der Waals surface area contributed by atoms with Gasteiger partial charge in [-0.05, 0) is 30.0 Å². The Kier molecular flexibility index (Phi) is 11.1. The maximum absolute atomic E-state index is 9.95. The van der Waals surface area contributed by atoms with E-state index in [1.54, 1.807) is 19.3 Å². The average molecular weight is 373 g/mol. The molecule has 0 aliphatic carbocycles.